The lowest BCUT2D eigenvalue weighted by atomic mass is 10.0. The lowest BCUT2D eigenvalue weighted by molar-refractivity contribution is 0.285. The second-order valence-corrected chi connectivity index (χ2v) is 3.75. The summed E-state index contributed by atoms with van der Waals surface area (Å²) in [7, 11) is 0. The fraction of sp³-hybridized carbons (Fsp3) is 0.750. The molecule has 1 aromatic heterocycles. The van der Waals surface area contributed by atoms with Crippen LogP contribution in [-0.4, -0.2) is 39.3 Å². The summed E-state index contributed by atoms with van der Waals surface area (Å²) in [6.07, 6.45) is 4.80. The lowest BCUT2D eigenvalue weighted by Gasteiger charge is -2.21. The number of halogens is 2. The van der Waals surface area contributed by atoms with Gasteiger partial charge in [0, 0.05) is 13.1 Å². The summed E-state index contributed by atoms with van der Waals surface area (Å²) < 4.78 is 2.02. The van der Waals surface area contributed by atoms with E-state index >= 15 is 0 Å². The Morgan fingerprint density at radius 3 is 2.57 bits per heavy atom. The number of fused-ring (bicyclic) bond motifs is 2. The molecule has 6 heteroatoms. The van der Waals surface area contributed by atoms with E-state index in [0.717, 1.165) is 5.92 Å². The highest BCUT2D eigenvalue weighted by Gasteiger charge is 2.39. The highest BCUT2D eigenvalue weighted by atomic mass is 35.5. The highest BCUT2D eigenvalue weighted by molar-refractivity contribution is 5.85. The first-order chi connectivity index (χ1) is 5.93. The molecule has 3 heterocycles. The van der Waals surface area contributed by atoms with Gasteiger partial charge in [-0.2, -0.15) is 5.10 Å². The van der Waals surface area contributed by atoms with Crippen LogP contribution in [0.2, 0.25) is 0 Å². The molecule has 2 fully saturated rings. The van der Waals surface area contributed by atoms with Gasteiger partial charge in [0.15, 0.2) is 0 Å². The minimum atomic E-state index is 0. The van der Waals surface area contributed by atoms with Gasteiger partial charge >= 0.3 is 0 Å². The number of piperidine rings is 1. The van der Waals surface area contributed by atoms with E-state index in [2.05, 4.69) is 15.0 Å². The normalized spacial score (nSPS) is 33.6. The maximum Gasteiger partial charge on any atom is 0.137 e. The lowest BCUT2D eigenvalue weighted by Crippen LogP contribution is -2.26. The minimum Gasteiger partial charge on any atom is -0.301 e. The zero-order valence-electron chi connectivity index (χ0n) is 7.74. The Balaban J connectivity index is 0.000000490. The smallest absolute Gasteiger partial charge is 0.137 e. The molecular formula is C8H14Cl2N4. The molecule has 0 amide bonds. The van der Waals surface area contributed by atoms with E-state index in [4.69, 9.17) is 0 Å². The van der Waals surface area contributed by atoms with Gasteiger partial charge < -0.3 is 4.90 Å². The monoisotopic (exact) mass is 236 g/mol. The number of aromatic nitrogens is 3. The summed E-state index contributed by atoms with van der Waals surface area (Å²) in [6.45, 7) is 3.73. The Bertz CT molecular complexity index is 277. The molecule has 3 atom stereocenters. The average molecular weight is 237 g/mol. The van der Waals surface area contributed by atoms with E-state index in [1.807, 2.05) is 11.0 Å². The molecule has 80 valence electrons. The van der Waals surface area contributed by atoms with Crippen LogP contribution >= 0.6 is 24.8 Å². The van der Waals surface area contributed by atoms with Crippen LogP contribution in [0.1, 0.15) is 12.5 Å². The van der Waals surface area contributed by atoms with Gasteiger partial charge in [-0.3, -0.25) is 0 Å². The summed E-state index contributed by atoms with van der Waals surface area (Å²) in [4.78, 5) is 6.49. The van der Waals surface area contributed by atoms with Gasteiger partial charge in [-0.25, -0.2) is 9.67 Å². The summed E-state index contributed by atoms with van der Waals surface area (Å²) >= 11 is 0. The van der Waals surface area contributed by atoms with Crippen LogP contribution in [-0.2, 0) is 0 Å². The molecule has 4 nitrogen and oxygen atoms in total. The van der Waals surface area contributed by atoms with Crippen molar-refractivity contribution in [3.8, 4) is 0 Å². The SMILES string of the molecule is Cl.Cl.c1ncn(C2CN3CCC2C3)n1. The van der Waals surface area contributed by atoms with Crippen molar-refractivity contribution in [3.63, 3.8) is 0 Å². The van der Waals surface area contributed by atoms with E-state index in [1.54, 1.807) is 6.33 Å². The van der Waals surface area contributed by atoms with E-state index in [9.17, 15) is 0 Å². The van der Waals surface area contributed by atoms with Crippen molar-refractivity contribution in [1.29, 1.82) is 0 Å². The average Bonchev–Trinajstić information content (AvgIpc) is 2.81. The highest BCUT2D eigenvalue weighted by Crippen LogP contribution is 2.35. The van der Waals surface area contributed by atoms with Crippen LogP contribution in [0.3, 0.4) is 0 Å². The second-order valence-electron chi connectivity index (χ2n) is 3.75. The van der Waals surface area contributed by atoms with Gasteiger partial charge in [0.2, 0.25) is 0 Å². The van der Waals surface area contributed by atoms with Crippen LogP contribution in [0, 0.1) is 5.92 Å². The van der Waals surface area contributed by atoms with Crippen LogP contribution < -0.4 is 0 Å². The van der Waals surface area contributed by atoms with E-state index in [0.29, 0.717) is 6.04 Å². The molecule has 0 saturated carbocycles. The second kappa shape index (κ2) is 4.47. The summed E-state index contributed by atoms with van der Waals surface area (Å²) in [5.41, 5.74) is 0. The Kier molecular flexibility index (Phi) is 3.75. The Morgan fingerprint density at radius 1 is 1.21 bits per heavy atom. The predicted octanol–water partition coefficient (Wildman–Crippen LogP) is 0.998. The van der Waals surface area contributed by atoms with Gasteiger partial charge in [-0.15, -0.1) is 24.8 Å². The fourth-order valence-corrected chi connectivity index (χ4v) is 2.44. The largest absolute Gasteiger partial charge is 0.301 e. The zero-order chi connectivity index (χ0) is 7.97. The Morgan fingerprint density at radius 2 is 2.07 bits per heavy atom. The van der Waals surface area contributed by atoms with E-state index in [-0.39, 0.29) is 24.8 Å². The quantitative estimate of drug-likeness (QED) is 0.730. The molecule has 2 saturated heterocycles. The van der Waals surface area contributed by atoms with Gasteiger partial charge in [-0.05, 0) is 18.9 Å². The van der Waals surface area contributed by atoms with Crippen molar-refractivity contribution < 1.29 is 0 Å². The van der Waals surface area contributed by atoms with Gasteiger partial charge in [0.1, 0.15) is 12.7 Å². The molecule has 3 rings (SSSR count). The van der Waals surface area contributed by atoms with Crippen molar-refractivity contribution in [2.75, 3.05) is 19.6 Å². The third-order valence-electron chi connectivity index (χ3n) is 3.07. The maximum atomic E-state index is 4.20. The topological polar surface area (TPSA) is 34.0 Å². The molecule has 0 aromatic carbocycles. The number of rotatable bonds is 1. The van der Waals surface area contributed by atoms with E-state index < -0.39 is 0 Å². The molecule has 2 aliphatic rings. The standard InChI is InChI=1S/C8H12N4.2ClH/c1-2-11-3-7(1)8(4-11)12-6-9-5-10-12;;/h5-8H,1-4H2;2*1H. The molecule has 0 N–H and O–H groups in total. The first-order valence-corrected chi connectivity index (χ1v) is 4.50. The summed E-state index contributed by atoms with van der Waals surface area (Å²) in [5, 5.41) is 4.20. The van der Waals surface area contributed by atoms with Crippen LogP contribution in [0.25, 0.3) is 0 Å². The van der Waals surface area contributed by atoms with Gasteiger partial charge in [0.05, 0.1) is 6.04 Å². The summed E-state index contributed by atoms with van der Waals surface area (Å²) in [6, 6.07) is 0.598. The fourth-order valence-electron chi connectivity index (χ4n) is 2.44. The third-order valence-corrected chi connectivity index (χ3v) is 3.07. The number of hydrogen-bond donors (Lipinski definition) is 0. The van der Waals surface area contributed by atoms with Gasteiger partial charge in [-0.1, -0.05) is 0 Å². The molecule has 0 spiro atoms. The molecule has 0 aliphatic carbocycles. The van der Waals surface area contributed by atoms with Crippen molar-refractivity contribution in [3.05, 3.63) is 12.7 Å². The molecule has 14 heavy (non-hydrogen) atoms. The zero-order valence-corrected chi connectivity index (χ0v) is 9.38. The van der Waals surface area contributed by atoms with Crippen molar-refractivity contribution in [2.24, 2.45) is 5.92 Å². The molecule has 2 aliphatic heterocycles. The molecule has 2 bridgehead atoms. The van der Waals surface area contributed by atoms with E-state index in [1.165, 1.54) is 26.1 Å². The predicted molar refractivity (Wildman–Crippen MR) is 58.1 cm³/mol. The molecule has 3 unspecified atom stereocenters. The van der Waals surface area contributed by atoms with Crippen molar-refractivity contribution in [1.82, 2.24) is 19.7 Å². The molecular weight excluding hydrogens is 223 g/mol. The molecule has 1 aromatic rings. The summed E-state index contributed by atoms with van der Waals surface area (Å²) in [5.74, 6) is 0.826. The van der Waals surface area contributed by atoms with Gasteiger partial charge in [0.25, 0.3) is 0 Å². The molecule has 0 radical (unpaired) electrons. The third kappa shape index (κ3) is 1.74. The minimum absolute atomic E-state index is 0. The van der Waals surface area contributed by atoms with Crippen LogP contribution in [0.5, 0.6) is 0 Å². The maximum absolute atomic E-state index is 4.20. The van der Waals surface area contributed by atoms with Crippen molar-refractivity contribution in [2.45, 2.75) is 12.5 Å². The van der Waals surface area contributed by atoms with Crippen LogP contribution in [0.15, 0.2) is 12.7 Å². The van der Waals surface area contributed by atoms with Crippen molar-refractivity contribution >= 4 is 24.8 Å². The number of hydrogen-bond acceptors (Lipinski definition) is 3. The first-order valence-electron chi connectivity index (χ1n) is 4.50. The Hall–Kier alpha value is -0.320. The number of nitrogens with zero attached hydrogens (tertiary/aromatic N) is 4. The van der Waals surface area contributed by atoms with Crippen LogP contribution in [0.4, 0.5) is 0 Å². The first kappa shape index (κ1) is 11.8. The Labute approximate surface area is 95.5 Å².